The fourth-order valence-electron chi connectivity index (χ4n) is 6.01. The quantitative estimate of drug-likeness (QED) is 0.257. The van der Waals surface area contributed by atoms with E-state index in [0.717, 1.165) is 73.9 Å². The standard InChI is InChI=1S/C34H31Br2NO5/c1-40-30-15-21(13-14-29(30)41-18-20-7-3-2-4-8-20)19-42-34-23(35)16-22(17-24(34)36)31-32-25(9-5-11-27(32)38)37-26-10-6-12-28(39)33(26)31/h2-4,7-8,13-17,31,37H,5-6,9-12,18-19H2,1H3. The van der Waals surface area contributed by atoms with Gasteiger partial charge in [0.2, 0.25) is 0 Å². The monoisotopic (exact) mass is 691 g/mol. The Kier molecular flexibility index (Phi) is 8.54. The topological polar surface area (TPSA) is 73.9 Å². The summed E-state index contributed by atoms with van der Waals surface area (Å²) < 4.78 is 19.3. The van der Waals surface area contributed by atoms with Crippen LogP contribution in [-0.2, 0) is 22.8 Å². The number of halogens is 2. The number of hydrogen-bond donors (Lipinski definition) is 1. The fourth-order valence-corrected chi connectivity index (χ4v) is 7.46. The van der Waals surface area contributed by atoms with Gasteiger partial charge in [0.05, 0.1) is 16.1 Å². The molecule has 3 aromatic rings. The number of rotatable bonds is 8. The van der Waals surface area contributed by atoms with Crippen LogP contribution in [0.2, 0.25) is 0 Å². The van der Waals surface area contributed by atoms with Crippen LogP contribution in [0.5, 0.6) is 17.2 Å². The molecule has 1 heterocycles. The first kappa shape index (κ1) is 28.7. The van der Waals surface area contributed by atoms with Crippen LogP contribution in [0.25, 0.3) is 0 Å². The van der Waals surface area contributed by atoms with Crippen molar-refractivity contribution in [1.82, 2.24) is 5.32 Å². The van der Waals surface area contributed by atoms with Gasteiger partial charge in [0.1, 0.15) is 19.0 Å². The van der Waals surface area contributed by atoms with Gasteiger partial charge in [0, 0.05) is 41.3 Å². The molecular formula is C34H31Br2NO5. The molecule has 6 rings (SSSR count). The van der Waals surface area contributed by atoms with E-state index in [9.17, 15) is 9.59 Å². The number of nitrogens with one attached hydrogen (secondary N) is 1. The zero-order valence-electron chi connectivity index (χ0n) is 23.3. The first-order valence-corrected chi connectivity index (χ1v) is 15.8. The number of hydrogen-bond acceptors (Lipinski definition) is 6. The number of carbonyl (C=O) groups excluding carboxylic acids is 2. The van der Waals surface area contributed by atoms with Gasteiger partial charge in [0.25, 0.3) is 0 Å². The lowest BCUT2D eigenvalue weighted by molar-refractivity contribution is -0.116. The average Bonchev–Trinajstić information content (AvgIpc) is 2.99. The molecule has 0 spiro atoms. The van der Waals surface area contributed by atoms with Gasteiger partial charge in [-0.3, -0.25) is 9.59 Å². The van der Waals surface area contributed by atoms with E-state index in [2.05, 4.69) is 37.2 Å². The Morgan fingerprint density at radius 1 is 0.738 bits per heavy atom. The number of dihydropyridines is 1. The molecule has 1 N–H and O–H groups in total. The van der Waals surface area contributed by atoms with Gasteiger partial charge in [-0.25, -0.2) is 0 Å². The van der Waals surface area contributed by atoms with E-state index in [1.165, 1.54) is 0 Å². The maximum atomic E-state index is 13.2. The summed E-state index contributed by atoms with van der Waals surface area (Å²) in [4.78, 5) is 26.4. The predicted molar refractivity (Wildman–Crippen MR) is 168 cm³/mol. The van der Waals surface area contributed by atoms with Crippen molar-refractivity contribution in [2.24, 2.45) is 0 Å². The van der Waals surface area contributed by atoms with Gasteiger partial charge >= 0.3 is 0 Å². The number of methoxy groups -OCH3 is 1. The zero-order valence-corrected chi connectivity index (χ0v) is 26.5. The highest BCUT2D eigenvalue weighted by atomic mass is 79.9. The van der Waals surface area contributed by atoms with Crippen LogP contribution in [0.15, 0.2) is 92.1 Å². The maximum absolute atomic E-state index is 13.2. The van der Waals surface area contributed by atoms with Crippen LogP contribution in [0.1, 0.15) is 61.1 Å². The van der Waals surface area contributed by atoms with Gasteiger partial charge in [-0.1, -0.05) is 36.4 Å². The van der Waals surface area contributed by atoms with Gasteiger partial charge in [-0.15, -0.1) is 0 Å². The van der Waals surface area contributed by atoms with E-state index in [1.807, 2.05) is 60.7 Å². The average molecular weight is 693 g/mol. The lowest BCUT2D eigenvalue weighted by Gasteiger charge is -2.37. The molecule has 1 aliphatic heterocycles. The molecule has 0 aromatic heterocycles. The highest BCUT2D eigenvalue weighted by Gasteiger charge is 2.40. The maximum Gasteiger partial charge on any atom is 0.161 e. The Morgan fingerprint density at radius 3 is 1.98 bits per heavy atom. The highest BCUT2D eigenvalue weighted by molar-refractivity contribution is 9.11. The van der Waals surface area contributed by atoms with Crippen LogP contribution in [0.4, 0.5) is 0 Å². The Hall–Kier alpha value is -3.36. The molecule has 6 nitrogen and oxygen atoms in total. The van der Waals surface area contributed by atoms with E-state index in [1.54, 1.807) is 7.11 Å². The summed E-state index contributed by atoms with van der Waals surface area (Å²) in [5, 5.41) is 3.48. The van der Waals surface area contributed by atoms with E-state index in [-0.39, 0.29) is 17.5 Å². The number of ketones is 2. The number of Topliss-reactive ketones (excluding diaryl/α,β-unsaturated/α-hetero) is 2. The van der Waals surface area contributed by atoms with Crippen molar-refractivity contribution in [3.05, 3.63) is 109 Å². The first-order valence-electron chi connectivity index (χ1n) is 14.2. The lowest BCUT2D eigenvalue weighted by Crippen LogP contribution is -2.36. The number of ether oxygens (including phenoxy) is 3. The van der Waals surface area contributed by atoms with Crippen molar-refractivity contribution in [2.45, 2.75) is 57.7 Å². The molecule has 0 saturated heterocycles. The zero-order chi connectivity index (χ0) is 29.2. The number of allylic oxidation sites excluding steroid dienone is 4. The second kappa shape index (κ2) is 12.5. The lowest BCUT2D eigenvalue weighted by atomic mass is 9.71. The van der Waals surface area contributed by atoms with Crippen molar-refractivity contribution in [3.8, 4) is 17.2 Å². The second-order valence-corrected chi connectivity index (χ2v) is 12.5. The molecular weight excluding hydrogens is 662 g/mol. The Balaban J connectivity index is 1.23. The van der Waals surface area contributed by atoms with Gasteiger partial charge in [-0.2, -0.15) is 0 Å². The molecule has 0 atom stereocenters. The van der Waals surface area contributed by atoms with Crippen molar-refractivity contribution >= 4 is 43.4 Å². The Morgan fingerprint density at radius 2 is 1.36 bits per heavy atom. The molecule has 0 saturated carbocycles. The van der Waals surface area contributed by atoms with Crippen molar-refractivity contribution in [2.75, 3.05) is 7.11 Å². The molecule has 3 aromatic carbocycles. The minimum atomic E-state index is -0.369. The van der Waals surface area contributed by atoms with Crippen LogP contribution in [0.3, 0.4) is 0 Å². The number of benzene rings is 3. The molecule has 0 fully saturated rings. The van der Waals surface area contributed by atoms with Crippen molar-refractivity contribution in [1.29, 1.82) is 0 Å². The van der Waals surface area contributed by atoms with E-state index in [4.69, 9.17) is 14.2 Å². The first-order chi connectivity index (χ1) is 20.4. The van der Waals surface area contributed by atoms with Gasteiger partial charge in [-0.05, 0) is 98.5 Å². The molecule has 0 bridgehead atoms. The van der Waals surface area contributed by atoms with Crippen LogP contribution in [0, 0.1) is 0 Å². The molecule has 3 aliphatic rings. The molecule has 8 heteroatoms. The Bertz CT molecular complexity index is 1550. The summed E-state index contributed by atoms with van der Waals surface area (Å²) in [5.74, 6) is 1.81. The minimum absolute atomic E-state index is 0.122. The molecule has 42 heavy (non-hydrogen) atoms. The van der Waals surface area contributed by atoms with Crippen LogP contribution < -0.4 is 19.5 Å². The van der Waals surface area contributed by atoms with Gasteiger partial charge in [0.15, 0.2) is 23.1 Å². The smallest absolute Gasteiger partial charge is 0.161 e. The normalized spacial score (nSPS) is 17.0. The van der Waals surface area contributed by atoms with E-state index in [0.29, 0.717) is 43.3 Å². The van der Waals surface area contributed by atoms with Crippen molar-refractivity contribution in [3.63, 3.8) is 0 Å². The van der Waals surface area contributed by atoms with Crippen LogP contribution >= 0.6 is 31.9 Å². The summed E-state index contributed by atoms with van der Waals surface area (Å²) >= 11 is 7.42. The number of carbonyl (C=O) groups is 2. The summed E-state index contributed by atoms with van der Waals surface area (Å²) in [6.07, 6.45) is 4.34. The van der Waals surface area contributed by atoms with E-state index >= 15 is 0 Å². The third-order valence-electron chi connectivity index (χ3n) is 7.99. The Labute approximate surface area is 262 Å². The molecule has 0 unspecified atom stereocenters. The largest absolute Gasteiger partial charge is 0.493 e. The molecule has 0 amide bonds. The van der Waals surface area contributed by atoms with Crippen LogP contribution in [-0.4, -0.2) is 18.7 Å². The summed E-state index contributed by atoms with van der Waals surface area (Å²) in [7, 11) is 1.62. The summed E-state index contributed by atoms with van der Waals surface area (Å²) in [6.45, 7) is 0.755. The molecule has 2 aliphatic carbocycles. The third kappa shape index (κ3) is 5.79. The molecule has 0 radical (unpaired) electrons. The predicted octanol–water partition coefficient (Wildman–Crippen LogP) is 8.08. The minimum Gasteiger partial charge on any atom is -0.493 e. The molecule has 216 valence electrons. The van der Waals surface area contributed by atoms with Gasteiger partial charge < -0.3 is 19.5 Å². The third-order valence-corrected chi connectivity index (χ3v) is 9.17. The van der Waals surface area contributed by atoms with E-state index < -0.39 is 0 Å². The fraction of sp³-hybridized carbons (Fsp3) is 0.294. The second-order valence-electron chi connectivity index (χ2n) is 10.8. The highest BCUT2D eigenvalue weighted by Crippen LogP contribution is 2.47. The SMILES string of the molecule is COc1cc(COc2c(Br)cc(C3C4=C(CCCC4=O)NC4=C3C(=O)CCC4)cc2Br)ccc1OCc1ccccc1. The summed E-state index contributed by atoms with van der Waals surface area (Å²) in [6, 6.07) is 19.7. The summed E-state index contributed by atoms with van der Waals surface area (Å²) in [5.41, 5.74) is 6.33. The van der Waals surface area contributed by atoms with Crippen molar-refractivity contribution < 1.29 is 23.8 Å².